The molecule has 0 heteroatoms. The van der Waals surface area contributed by atoms with Gasteiger partial charge in [0.1, 0.15) is 0 Å². The summed E-state index contributed by atoms with van der Waals surface area (Å²) in [6, 6.07) is 9.59. The molecular formula is C19H20. The molecule has 2 aliphatic carbocycles. The molecule has 19 heavy (non-hydrogen) atoms. The summed E-state index contributed by atoms with van der Waals surface area (Å²) in [6.07, 6.45) is 6.43. The van der Waals surface area contributed by atoms with Gasteiger partial charge in [-0.05, 0) is 90.5 Å². The molecule has 0 fully saturated rings. The zero-order valence-corrected chi connectivity index (χ0v) is 11.8. The zero-order valence-electron chi connectivity index (χ0n) is 11.8. The number of fused-ring (bicyclic) bond motifs is 5. The van der Waals surface area contributed by atoms with Crippen molar-refractivity contribution >= 4 is 0 Å². The van der Waals surface area contributed by atoms with Gasteiger partial charge in [-0.1, -0.05) is 24.3 Å². The molecule has 96 valence electrons. The van der Waals surface area contributed by atoms with Gasteiger partial charge in [0.05, 0.1) is 0 Å². The minimum Gasteiger partial charge on any atom is -0.0584 e. The number of benzene rings is 2. The lowest BCUT2D eigenvalue weighted by atomic mass is 9.85. The monoisotopic (exact) mass is 248 g/mol. The summed E-state index contributed by atoms with van der Waals surface area (Å²) < 4.78 is 0. The fraction of sp³-hybridized carbons (Fsp3) is 0.368. The second kappa shape index (κ2) is 3.96. The fourth-order valence-corrected chi connectivity index (χ4v) is 3.82. The Labute approximate surface area is 115 Å². The summed E-state index contributed by atoms with van der Waals surface area (Å²) >= 11 is 0. The van der Waals surface area contributed by atoms with Crippen LogP contribution in [-0.4, -0.2) is 0 Å². The van der Waals surface area contributed by atoms with Crippen molar-refractivity contribution in [1.82, 2.24) is 0 Å². The van der Waals surface area contributed by atoms with Crippen LogP contribution in [0.1, 0.15) is 46.2 Å². The third-order valence-corrected chi connectivity index (χ3v) is 4.99. The van der Waals surface area contributed by atoms with Crippen molar-refractivity contribution in [2.45, 2.75) is 46.0 Å². The fourth-order valence-electron chi connectivity index (χ4n) is 3.82. The molecule has 2 aromatic carbocycles. The molecule has 0 bridgehead atoms. The lowest BCUT2D eigenvalue weighted by Crippen LogP contribution is -2.04. The van der Waals surface area contributed by atoms with Crippen molar-refractivity contribution in [2.24, 2.45) is 0 Å². The van der Waals surface area contributed by atoms with Crippen LogP contribution < -0.4 is 0 Å². The quantitative estimate of drug-likeness (QED) is 0.538. The molecule has 0 radical (unpaired) electrons. The lowest BCUT2D eigenvalue weighted by Gasteiger charge is -2.20. The Hall–Kier alpha value is -1.56. The van der Waals surface area contributed by atoms with Crippen molar-refractivity contribution in [3.63, 3.8) is 0 Å². The second-order valence-electron chi connectivity index (χ2n) is 6.21. The van der Waals surface area contributed by atoms with Crippen molar-refractivity contribution < 1.29 is 0 Å². The Balaban J connectivity index is 1.99. The van der Waals surface area contributed by atoms with Crippen LogP contribution >= 0.6 is 0 Å². The van der Waals surface area contributed by atoms with Gasteiger partial charge in [0.2, 0.25) is 0 Å². The van der Waals surface area contributed by atoms with Crippen molar-refractivity contribution in [3.8, 4) is 11.1 Å². The molecule has 0 amide bonds. The van der Waals surface area contributed by atoms with Crippen LogP contribution in [0.15, 0.2) is 24.3 Å². The van der Waals surface area contributed by atoms with Gasteiger partial charge in [-0.25, -0.2) is 0 Å². The van der Waals surface area contributed by atoms with Crippen LogP contribution in [0.5, 0.6) is 0 Å². The highest BCUT2D eigenvalue weighted by molar-refractivity contribution is 5.81. The summed E-state index contributed by atoms with van der Waals surface area (Å²) in [4.78, 5) is 0. The Morgan fingerprint density at radius 3 is 2.42 bits per heavy atom. The molecule has 4 rings (SSSR count). The van der Waals surface area contributed by atoms with Crippen LogP contribution in [-0.2, 0) is 19.3 Å². The van der Waals surface area contributed by atoms with Crippen LogP contribution in [0.2, 0.25) is 0 Å². The number of hydrogen-bond acceptors (Lipinski definition) is 0. The van der Waals surface area contributed by atoms with Gasteiger partial charge in [-0.15, -0.1) is 0 Å². The minimum atomic E-state index is 1.14. The number of aryl methyl sites for hydroxylation is 3. The number of rotatable bonds is 0. The first kappa shape index (κ1) is 11.3. The molecule has 0 nitrogen and oxygen atoms in total. The van der Waals surface area contributed by atoms with Crippen LogP contribution in [0, 0.1) is 13.8 Å². The van der Waals surface area contributed by atoms with Gasteiger partial charge in [0.25, 0.3) is 0 Å². The predicted molar refractivity (Wildman–Crippen MR) is 80.8 cm³/mol. The van der Waals surface area contributed by atoms with E-state index in [1.54, 1.807) is 22.3 Å². The highest BCUT2D eigenvalue weighted by Crippen LogP contribution is 2.43. The Bertz CT molecular complexity index is 677. The maximum atomic E-state index is 2.42. The first-order valence-electron chi connectivity index (χ1n) is 7.48. The average Bonchev–Trinajstić information content (AvgIpc) is 2.77. The zero-order chi connectivity index (χ0) is 13.0. The van der Waals surface area contributed by atoms with Gasteiger partial charge in [-0.3, -0.25) is 0 Å². The van der Waals surface area contributed by atoms with E-state index in [1.165, 1.54) is 47.9 Å². The van der Waals surface area contributed by atoms with Gasteiger partial charge in [-0.2, -0.15) is 0 Å². The molecule has 2 aromatic rings. The molecule has 0 atom stereocenters. The Morgan fingerprint density at radius 1 is 0.789 bits per heavy atom. The van der Waals surface area contributed by atoms with Crippen molar-refractivity contribution in [3.05, 3.63) is 57.6 Å². The summed E-state index contributed by atoms with van der Waals surface area (Å²) in [7, 11) is 0. The third-order valence-electron chi connectivity index (χ3n) is 4.99. The smallest absolute Gasteiger partial charge is 0.00132 e. The normalized spacial score (nSPS) is 15.9. The van der Waals surface area contributed by atoms with E-state index in [0.29, 0.717) is 0 Å². The van der Waals surface area contributed by atoms with Crippen LogP contribution in [0.25, 0.3) is 11.1 Å². The van der Waals surface area contributed by atoms with E-state index in [2.05, 4.69) is 38.1 Å². The third kappa shape index (κ3) is 1.59. The van der Waals surface area contributed by atoms with E-state index < -0.39 is 0 Å². The molecule has 0 saturated heterocycles. The molecule has 0 aromatic heterocycles. The van der Waals surface area contributed by atoms with Gasteiger partial charge >= 0.3 is 0 Å². The average molecular weight is 248 g/mol. The van der Waals surface area contributed by atoms with Gasteiger partial charge < -0.3 is 0 Å². The maximum Gasteiger partial charge on any atom is -0.00132 e. The largest absolute Gasteiger partial charge is 0.0584 e. The number of hydrogen-bond donors (Lipinski definition) is 0. The Morgan fingerprint density at radius 2 is 1.53 bits per heavy atom. The second-order valence-corrected chi connectivity index (χ2v) is 6.21. The SMILES string of the molecule is Cc1cc2c(cc1C)-c1c(ccc3c1CCCC3)C2. The van der Waals surface area contributed by atoms with Gasteiger partial charge in [0.15, 0.2) is 0 Å². The standard InChI is InChI=1S/C19H20/c1-12-9-16-11-15-8-7-14-5-3-4-6-17(14)19(15)18(16)10-13(12)2/h7-10H,3-6,11H2,1-2H3. The summed E-state index contributed by atoms with van der Waals surface area (Å²) in [5.41, 5.74) is 12.3. The molecule has 0 saturated carbocycles. The van der Waals surface area contributed by atoms with E-state index in [4.69, 9.17) is 0 Å². The van der Waals surface area contributed by atoms with Crippen molar-refractivity contribution in [1.29, 1.82) is 0 Å². The molecule has 0 aliphatic heterocycles. The first-order valence-corrected chi connectivity index (χ1v) is 7.48. The molecule has 0 N–H and O–H groups in total. The van der Waals surface area contributed by atoms with Crippen LogP contribution in [0.4, 0.5) is 0 Å². The van der Waals surface area contributed by atoms with E-state index in [1.807, 2.05) is 0 Å². The highest BCUT2D eigenvalue weighted by atomic mass is 14.3. The van der Waals surface area contributed by atoms with E-state index in [-0.39, 0.29) is 0 Å². The molecule has 0 heterocycles. The summed E-state index contributed by atoms with van der Waals surface area (Å²) in [5.74, 6) is 0. The Kier molecular flexibility index (Phi) is 2.35. The van der Waals surface area contributed by atoms with Crippen LogP contribution in [0.3, 0.4) is 0 Å². The molecule has 0 unspecified atom stereocenters. The summed E-state index contributed by atoms with van der Waals surface area (Å²) in [5, 5.41) is 0. The molecule has 0 spiro atoms. The first-order chi connectivity index (χ1) is 9.24. The minimum absolute atomic E-state index is 1.14. The van der Waals surface area contributed by atoms with E-state index in [0.717, 1.165) is 6.42 Å². The molecular weight excluding hydrogens is 228 g/mol. The lowest BCUT2D eigenvalue weighted by molar-refractivity contribution is 0.686. The maximum absolute atomic E-state index is 2.42. The highest BCUT2D eigenvalue weighted by Gasteiger charge is 2.24. The predicted octanol–water partition coefficient (Wildman–Crippen LogP) is 4.75. The van der Waals surface area contributed by atoms with E-state index >= 15 is 0 Å². The molecule has 2 aliphatic rings. The summed E-state index contributed by atoms with van der Waals surface area (Å²) in [6.45, 7) is 4.47. The van der Waals surface area contributed by atoms with Crippen molar-refractivity contribution in [2.75, 3.05) is 0 Å². The van der Waals surface area contributed by atoms with Gasteiger partial charge in [0, 0.05) is 0 Å². The topological polar surface area (TPSA) is 0 Å². The van der Waals surface area contributed by atoms with E-state index in [9.17, 15) is 0 Å².